The SMILES string of the molecule is C=c1[nH]c(-c2ccc(Br)nc2)nc1=CC(=CC)C(F)(F)F. The Hall–Kier alpha value is -1.89. The molecule has 0 radical (unpaired) electrons. The molecule has 0 bridgehead atoms. The Morgan fingerprint density at radius 2 is 2.10 bits per heavy atom. The number of imidazole rings is 1. The molecule has 0 saturated carbocycles. The molecule has 2 aromatic rings. The van der Waals surface area contributed by atoms with E-state index >= 15 is 0 Å². The van der Waals surface area contributed by atoms with E-state index in [4.69, 9.17) is 0 Å². The Balaban J connectivity index is 2.49. The van der Waals surface area contributed by atoms with E-state index < -0.39 is 11.7 Å². The number of rotatable bonds is 2. The van der Waals surface area contributed by atoms with Gasteiger partial charge in [-0.3, -0.25) is 0 Å². The molecule has 0 aromatic carbocycles. The Labute approximate surface area is 127 Å². The van der Waals surface area contributed by atoms with Crippen LogP contribution < -0.4 is 10.7 Å². The largest absolute Gasteiger partial charge is 0.416 e. The van der Waals surface area contributed by atoms with E-state index in [-0.39, 0.29) is 5.35 Å². The van der Waals surface area contributed by atoms with Crippen molar-refractivity contribution in [1.29, 1.82) is 0 Å². The van der Waals surface area contributed by atoms with Crippen LogP contribution in [-0.2, 0) is 0 Å². The molecule has 0 unspecified atom stereocenters. The average Bonchev–Trinajstić information content (AvgIpc) is 2.76. The molecule has 0 fully saturated rings. The van der Waals surface area contributed by atoms with E-state index in [9.17, 15) is 13.2 Å². The number of alkyl halides is 3. The molecule has 2 aromatic heterocycles. The van der Waals surface area contributed by atoms with Gasteiger partial charge in [-0.15, -0.1) is 0 Å². The number of nitrogens with one attached hydrogen (secondary N) is 1. The monoisotopic (exact) mass is 357 g/mol. The van der Waals surface area contributed by atoms with Gasteiger partial charge in [0.1, 0.15) is 10.4 Å². The zero-order valence-corrected chi connectivity index (χ0v) is 12.6. The molecular formula is C14H11BrF3N3. The van der Waals surface area contributed by atoms with Crippen molar-refractivity contribution < 1.29 is 13.2 Å². The first-order valence-electron chi connectivity index (χ1n) is 5.93. The van der Waals surface area contributed by atoms with Crippen molar-refractivity contribution in [3.05, 3.63) is 45.3 Å². The maximum absolute atomic E-state index is 12.7. The number of nitrogens with zero attached hydrogens (tertiary/aromatic N) is 2. The fourth-order valence-electron chi connectivity index (χ4n) is 1.67. The summed E-state index contributed by atoms with van der Waals surface area (Å²) in [6.45, 7) is 5.01. The predicted octanol–water partition coefficient (Wildman–Crippen LogP) is 2.93. The summed E-state index contributed by atoms with van der Waals surface area (Å²) in [4.78, 5) is 11.0. The first-order valence-corrected chi connectivity index (χ1v) is 6.72. The molecule has 0 aliphatic heterocycles. The number of allylic oxidation sites excluding steroid dienone is 2. The maximum Gasteiger partial charge on any atom is 0.416 e. The van der Waals surface area contributed by atoms with Gasteiger partial charge in [0.15, 0.2) is 0 Å². The molecule has 21 heavy (non-hydrogen) atoms. The molecule has 1 N–H and O–H groups in total. The fraction of sp³-hybridized carbons (Fsp3) is 0.143. The standard InChI is InChI=1S/C14H11BrF3N3/c1-3-10(14(16,17)18)6-11-8(2)20-13(21-11)9-4-5-12(15)19-7-9/h3-7H,2H2,1H3,(H,20,21). The Kier molecular flexibility index (Phi) is 4.32. The van der Waals surface area contributed by atoms with Crippen molar-refractivity contribution in [2.45, 2.75) is 13.1 Å². The Bertz CT molecular complexity index is 773. The minimum atomic E-state index is -4.42. The Morgan fingerprint density at radius 3 is 2.62 bits per heavy atom. The Morgan fingerprint density at radius 1 is 1.38 bits per heavy atom. The number of hydrogen-bond donors (Lipinski definition) is 1. The number of aromatic amines is 1. The highest BCUT2D eigenvalue weighted by Gasteiger charge is 2.31. The maximum atomic E-state index is 12.7. The van der Waals surface area contributed by atoms with Gasteiger partial charge in [0, 0.05) is 11.8 Å². The summed E-state index contributed by atoms with van der Waals surface area (Å²) in [5, 5.41) is 0.467. The van der Waals surface area contributed by atoms with Crippen molar-refractivity contribution >= 4 is 28.6 Å². The average molecular weight is 358 g/mol. The summed E-state index contributed by atoms with van der Waals surface area (Å²) >= 11 is 3.21. The molecule has 0 atom stereocenters. The van der Waals surface area contributed by atoms with Gasteiger partial charge >= 0.3 is 6.18 Å². The summed E-state index contributed by atoms with van der Waals surface area (Å²) in [7, 11) is 0. The van der Waals surface area contributed by atoms with Crippen molar-refractivity contribution in [3.63, 3.8) is 0 Å². The molecule has 3 nitrogen and oxygen atoms in total. The van der Waals surface area contributed by atoms with Crippen LogP contribution in [0.5, 0.6) is 0 Å². The van der Waals surface area contributed by atoms with Crippen molar-refractivity contribution in [2.75, 3.05) is 0 Å². The quantitative estimate of drug-likeness (QED) is 0.839. The van der Waals surface area contributed by atoms with Crippen LogP contribution in [0, 0.1) is 0 Å². The normalized spacial score (nSPS) is 13.8. The number of aromatic nitrogens is 3. The van der Waals surface area contributed by atoms with E-state index in [2.05, 4.69) is 37.5 Å². The first-order chi connectivity index (χ1) is 9.81. The smallest absolute Gasteiger partial charge is 0.338 e. The van der Waals surface area contributed by atoms with Gasteiger partial charge < -0.3 is 4.98 Å². The summed E-state index contributed by atoms with van der Waals surface area (Å²) in [6.07, 6.45) is -0.893. The molecular weight excluding hydrogens is 347 g/mol. The molecule has 0 spiro atoms. The van der Waals surface area contributed by atoms with Gasteiger partial charge in [0.25, 0.3) is 0 Å². The van der Waals surface area contributed by atoms with Crippen LogP contribution in [0.15, 0.2) is 34.6 Å². The lowest BCUT2D eigenvalue weighted by molar-refractivity contribution is -0.0866. The third-order valence-corrected chi connectivity index (χ3v) is 3.21. The molecule has 7 heteroatoms. The minimum Gasteiger partial charge on any atom is -0.338 e. The third kappa shape index (κ3) is 3.60. The van der Waals surface area contributed by atoms with Crippen LogP contribution in [0.4, 0.5) is 13.2 Å². The zero-order valence-electron chi connectivity index (χ0n) is 11.0. The topological polar surface area (TPSA) is 41.6 Å². The summed E-state index contributed by atoms with van der Waals surface area (Å²) in [5.41, 5.74) is -0.101. The minimum absolute atomic E-state index is 0.151. The molecule has 2 heterocycles. The summed E-state index contributed by atoms with van der Waals surface area (Å²) < 4.78 is 38.9. The highest BCUT2D eigenvalue weighted by atomic mass is 79.9. The van der Waals surface area contributed by atoms with Crippen LogP contribution in [0.1, 0.15) is 6.92 Å². The number of halogens is 4. The molecule has 0 aliphatic carbocycles. The van der Waals surface area contributed by atoms with Crippen LogP contribution >= 0.6 is 15.9 Å². The van der Waals surface area contributed by atoms with Crippen LogP contribution in [0.2, 0.25) is 0 Å². The van der Waals surface area contributed by atoms with Gasteiger partial charge in [-0.25, -0.2) is 9.97 Å². The fourth-order valence-corrected chi connectivity index (χ4v) is 1.91. The van der Waals surface area contributed by atoms with Gasteiger partial charge in [0.05, 0.1) is 16.3 Å². The second-order valence-electron chi connectivity index (χ2n) is 4.20. The van der Waals surface area contributed by atoms with Gasteiger partial charge in [-0.1, -0.05) is 12.7 Å². The lowest BCUT2D eigenvalue weighted by atomic mass is 10.2. The van der Waals surface area contributed by atoms with Crippen molar-refractivity contribution in [3.8, 4) is 11.4 Å². The summed E-state index contributed by atoms with van der Waals surface area (Å²) in [5.74, 6) is 0.420. The molecule has 0 saturated heterocycles. The number of hydrogen-bond acceptors (Lipinski definition) is 2. The van der Waals surface area contributed by atoms with Crippen molar-refractivity contribution in [2.24, 2.45) is 0 Å². The van der Waals surface area contributed by atoms with Gasteiger partial charge in [0.2, 0.25) is 0 Å². The number of H-pyrrole nitrogens is 1. The van der Waals surface area contributed by atoms with Crippen LogP contribution in [0.3, 0.4) is 0 Å². The van der Waals surface area contributed by atoms with E-state index in [1.165, 1.54) is 6.92 Å². The van der Waals surface area contributed by atoms with Crippen LogP contribution in [-0.4, -0.2) is 21.1 Å². The van der Waals surface area contributed by atoms with E-state index in [0.717, 1.165) is 12.2 Å². The van der Waals surface area contributed by atoms with Crippen molar-refractivity contribution in [1.82, 2.24) is 15.0 Å². The van der Waals surface area contributed by atoms with Gasteiger partial charge in [-0.05, 0) is 41.1 Å². The predicted molar refractivity (Wildman–Crippen MR) is 78.6 cm³/mol. The zero-order chi connectivity index (χ0) is 15.6. The number of pyridine rings is 1. The highest BCUT2D eigenvalue weighted by Crippen LogP contribution is 2.26. The highest BCUT2D eigenvalue weighted by molar-refractivity contribution is 9.10. The molecule has 110 valence electrons. The van der Waals surface area contributed by atoms with E-state index in [0.29, 0.717) is 21.3 Å². The second kappa shape index (κ2) is 5.85. The van der Waals surface area contributed by atoms with E-state index in [1.807, 2.05) is 0 Å². The molecule has 0 amide bonds. The lowest BCUT2D eigenvalue weighted by Gasteiger charge is -2.05. The van der Waals surface area contributed by atoms with Gasteiger partial charge in [-0.2, -0.15) is 13.2 Å². The van der Waals surface area contributed by atoms with E-state index in [1.54, 1.807) is 18.3 Å². The lowest BCUT2D eigenvalue weighted by Crippen LogP contribution is -2.24. The first kappa shape index (κ1) is 15.5. The molecule has 2 rings (SSSR count). The molecule has 0 aliphatic rings. The summed E-state index contributed by atoms with van der Waals surface area (Å²) in [6, 6.07) is 3.47. The van der Waals surface area contributed by atoms with Crippen LogP contribution in [0.25, 0.3) is 24.0 Å². The third-order valence-electron chi connectivity index (χ3n) is 2.74. The second-order valence-corrected chi connectivity index (χ2v) is 5.02.